The fourth-order valence-corrected chi connectivity index (χ4v) is 1.40. The Hall–Kier alpha value is -2.41. The highest BCUT2D eigenvalue weighted by Crippen LogP contribution is 2.23. The molecule has 17 heavy (non-hydrogen) atoms. The average molecular weight is 228 g/mol. The van der Waals surface area contributed by atoms with Crippen molar-refractivity contribution in [2.75, 3.05) is 0 Å². The number of pyridine rings is 1. The third kappa shape index (κ3) is 2.58. The van der Waals surface area contributed by atoms with Crippen LogP contribution in [-0.2, 0) is 0 Å². The lowest BCUT2D eigenvalue weighted by Gasteiger charge is -2.06. The van der Waals surface area contributed by atoms with Crippen molar-refractivity contribution in [3.63, 3.8) is 0 Å². The van der Waals surface area contributed by atoms with E-state index < -0.39 is 5.82 Å². The minimum atomic E-state index is -0.464. The molecule has 0 fully saturated rings. The molecule has 1 heterocycles. The Kier molecular flexibility index (Phi) is 3.01. The first-order valence-corrected chi connectivity index (χ1v) is 5.00. The number of halogens is 1. The highest BCUT2D eigenvalue weighted by molar-refractivity contribution is 5.36. The average Bonchev–Trinajstić information content (AvgIpc) is 2.31. The van der Waals surface area contributed by atoms with Gasteiger partial charge in [0.2, 0.25) is 5.88 Å². The van der Waals surface area contributed by atoms with Crippen LogP contribution in [0, 0.1) is 24.1 Å². The van der Waals surface area contributed by atoms with Crippen molar-refractivity contribution in [3.8, 4) is 17.7 Å². The summed E-state index contributed by atoms with van der Waals surface area (Å²) in [5, 5.41) is 8.80. The summed E-state index contributed by atoms with van der Waals surface area (Å²) >= 11 is 0. The summed E-state index contributed by atoms with van der Waals surface area (Å²) in [5.41, 5.74) is 1.08. The largest absolute Gasteiger partial charge is 0.436 e. The van der Waals surface area contributed by atoms with Crippen LogP contribution in [0.1, 0.15) is 11.3 Å². The highest BCUT2D eigenvalue weighted by atomic mass is 19.1. The number of nitriles is 1. The molecule has 4 heteroatoms. The van der Waals surface area contributed by atoms with E-state index in [0.717, 1.165) is 0 Å². The van der Waals surface area contributed by atoms with Crippen molar-refractivity contribution in [3.05, 3.63) is 53.5 Å². The SMILES string of the molecule is Cc1cc(C#N)cc(Oc2ccccc2F)n1. The molecule has 0 atom stereocenters. The van der Waals surface area contributed by atoms with Gasteiger partial charge < -0.3 is 4.74 Å². The van der Waals surface area contributed by atoms with Crippen molar-refractivity contribution in [2.45, 2.75) is 6.92 Å². The fourth-order valence-electron chi connectivity index (χ4n) is 1.40. The first kappa shape index (κ1) is 11.1. The smallest absolute Gasteiger partial charge is 0.220 e. The van der Waals surface area contributed by atoms with Crippen molar-refractivity contribution < 1.29 is 9.13 Å². The second-order valence-electron chi connectivity index (χ2n) is 3.48. The maximum atomic E-state index is 13.3. The second kappa shape index (κ2) is 4.62. The van der Waals surface area contributed by atoms with Gasteiger partial charge in [0.25, 0.3) is 0 Å². The number of benzene rings is 1. The standard InChI is InChI=1S/C13H9FN2O/c1-9-6-10(8-15)7-13(16-9)17-12-5-3-2-4-11(12)14/h2-7H,1H3. The Morgan fingerprint density at radius 3 is 2.76 bits per heavy atom. The molecule has 0 aliphatic carbocycles. The summed E-state index contributed by atoms with van der Waals surface area (Å²) in [6.45, 7) is 1.75. The molecule has 1 aromatic carbocycles. The van der Waals surface area contributed by atoms with Gasteiger partial charge in [-0.2, -0.15) is 5.26 Å². The van der Waals surface area contributed by atoms with Crippen molar-refractivity contribution in [1.29, 1.82) is 5.26 Å². The monoisotopic (exact) mass is 228 g/mol. The van der Waals surface area contributed by atoms with Crippen LogP contribution in [0.15, 0.2) is 36.4 Å². The summed E-state index contributed by atoms with van der Waals surface area (Å²) in [4.78, 5) is 4.08. The maximum Gasteiger partial charge on any atom is 0.220 e. The van der Waals surface area contributed by atoms with E-state index in [1.165, 1.54) is 18.2 Å². The van der Waals surface area contributed by atoms with E-state index in [2.05, 4.69) is 4.98 Å². The van der Waals surface area contributed by atoms with Gasteiger partial charge in [0, 0.05) is 11.8 Å². The molecule has 0 bridgehead atoms. The number of hydrogen-bond acceptors (Lipinski definition) is 3. The molecule has 2 rings (SSSR count). The summed E-state index contributed by atoms with van der Waals surface area (Å²) < 4.78 is 18.6. The molecule has 0 saturated carbocycles. The molecule has 0 aliphatic heterocycles. The molecule has 0 saturated heterocycles. The van der Waals surface area contributed by atoms with E-state index in [-0.39, 0.29) is 11.6 Å². The molecule has 0 amide bonds. The molecule has 0 radical (unpaired) electrons. The lowest BCUT2D eigenvalue weighted by Crippen LogP contribution is -1.93. The van der Waals surface area contributed by atoms with Gasteiger partial charge >= 0.3 is 0 Å². The summed E-state index contributed by atoms with van der Waals surface area (Å²) in [5.74, 6) is -0.157. The van der Waals surface area contributed by atoms with Gasteiger partial charge in [-0.25, -0.2) is 9.37 Å². The quantitative estimate of drug-likeness (QED) is 0.792. The zero-order chi connectivity index (χ0) is 12.3. The zero-order valence-electron chi connectivity index (χ0n) is 9.14. The van der Waals surface area contributed by atoms with E-state index in [9.17, 15) is 4.39 Å². The zero-order valence-corrected chi connectivity index (χ0v) is 9.14. The molecule has 0 N–H and O–H groups in total. The van der Waals surface area contributed by atoms with E-state index in [4.69, 9.17) is 10.00 Å². The molecule has 2 aromatic rings. The van der Waals surface area contributed by atoms with Crippen LogP contribution in [0.3, 0.4) is 0 Å². The fraction of sp³-hybridized carbons (Fsp3) is 0.0769. The molecule has 84 valence electrons. The van der Waals surface area contributed by atoms with Gasteiger partial charge in [0.05, 0.1) is 11.6 Å². The molecule has 0 aliphatic rings. The van der Waals surface area contributed by atoms with Crippen LogP contribution in [-0.4, -0.2) is 4.98 Å². The number of aromatic nitrogens is 1. The molecular formula is C13H9FN2O. The van der Waals surface area contributed by atoms with Crippen molar-refractivity contribution in [1.82, 2.24) is 4.98 Å². The molecule has 0 unspecified atom stereocenters. The Balaban J connectivity index is 2.34. The summed E-state index contributed by atoms with van der Waals surface area (Å²) in [6.07, 6.45) is 0. The third-order valence-corrected chi connectivity index (χ3v) is 2.11. The molecular weight excluding hydrogens is 219 g/mol. The Bertz CT molecular complexity index is 590. The number of rotatable bonds is 2. The lowest BCUT2D eigenvalue weighted by molar-refractivity contribution is 0.426. The predicted octanol–water partition coefficient (Wildman–Crippen LogP) is 3.19. The van der Waals surface area contributed by atoms with Gasteiger partial charge in [0.15, 0.2) is 11.6 Å². The molecule has 3 nitrogen and oxygen atoms in total. The summed E-state index contributed by atoms with van der Waals surface area (Å²) in [7, 11) is 0. The van der Waals surface area contributed by atoms with Gasteiger partial charge in [0.1, 0.15) is 0 Å². The van der Waals surface area contributed by atoms with Crippen LogP contribution >= 0.6 is 0 Å². The first-order valence-electron chi connectivity index (χ1n) is 5.00. The number of ether oxygens (including phenoxy) is 1. The van der Waals surface area contributed by atoms with E-state index in [1.54, 1.807) is 25.1 Å². The first-order chi connectivity index (χ1) is 8.19. The highest BCUT2D eigenvalue weighted by Gasteiger charge is 2.06. The van der Waals surface area contributed by atoms with E-state index in [0.29, 0.717) is 11.3 Å². The van der Waals surface area contributed by atoms with Crippen LogP contribution in [0.25, 0.3) is 0 Å². The Morgan fingerprint density at radius 1 is 1.29 bits per heavy atom. The van der Waals surface area contributed by atoms with Gasteiger partial charge in [-0.3, -0.25) is 0 Å². The maximum absolute atomic E-state index is 13.3. The van der Waals surface area contributed by atoms with Crippen LogP contribution in [0.5, 0.6) is 11.6 Å². The predicted molar refractivity (Wildman–Crippen MR) is 60.2 cm³/mol. The Morgan fingerprint density at radius 2 is 2.06 bits per heavy atom. The number of aryl methyl sites for hydroxylation is 1. The van der Waals surface area contributed by atoms with Gasteiger partial charge in [-0.1, -0.05) is 12.1 Å². The van der Waals surface area contributed by atoms with Crippen LogP contribution in [0.2, 0.25) is 0 Å². The number of hydrogen-bond donors (Lipinski definition) is 0. The van der Waals surface area contributed by atoms with Gasteiger partial charge in [-0.05, 0) is 25.1 Å². The van der Waals surface area contributed by atoms with Crippen LogP contribution in [0.4, 0.5) is 4.39 Å². The molecule has 0 spiro atoms. The van der Waals surface area contributed by atoms with E-state index in [1.807, 2.05) is 6.07 Å². The van der Waals surface area contributed by atoms with Crippen LogP contribution < -0.4 is 4.74 Å². The van der Waals surface area contributed by atoms with Crippen molar-refractivity contribution in [2.24, 2.45) is 0 Å². The number of nitrogens with zero attached hydrogens (tertiary/aromatic N) is 2. The topological polar surface area (TPSA) is 45.9 Å². The Labute approximate surface area is 98.1 Å². The molecule has 1 aromatic heterocycles. The summed E-state index contributed by atoms with van der Waals surface area (Å²) in [6, 6.07) is 11.1. The van der Waals surface area contributed by atoms with Crippen molar-refractivity contribution >= 4 is 0 Å². The number of para-hydroxylation sites is 1. The minimum Gasteiger partial charge on any atom is -0.436 e. The minimum absolute atomic E-state index is 0.0921. The third-order valence-electron chi connectivity index (χ3n) is 2.11. The normalized spacial score (nSPS) is 9.71. The second-order valence-corrected chi connectivity index (χ2v) is 3.48. The van der Waals surface area contributed by atoms with Gasteiger partial charge in [-0.15, -0.1) is 0 Å². The lowest BCUT2D eigenvalue weighted by atomic mass is 10.2. The van der Waals surface area contributed by atoms with E-state index >= 15 is 0 Å².